The molecule has 0 bridgehead atoms. The van der Waals surface area contributed by atoms with E-state index in [4.69, 9.17) is 9.73 Å². The van der Waals surface area contributed by atoms with Crippen LogP contribution >= 0.6 is 0 Å². The van der Waals surface area contributed by atoms with Crippen molar-refractivity contribution in [3.05, 3.63) is 35.4 Å². The molecule has 138 valence electrons. The molecule has 0 spiro atoms. The number of aliphatic imine (C=N–C) groups is 1. The summed E-state index contributed by atoms with van der Waals surface area (Å²) in [7, 11) is 0. The van der Waals surface area contributed by atoms with E-state index in [9.17, 15) is 0 Å². The highest BCUT2D eigenvalue weighted by molar-refractivity contribution is 5.79. The minimum atomic E-state index is 0.333. The lowest BCUT2D eigenvalue weighted by molar-refractivity contribution is 0.113. The molecule has 0 aromatic heterocycles. The van der Waals surface area contributed by atoms with Crippen LogP contribution in [0.2, 0.25) is 0 Å². The van der Waals surface area contributed by atoms with Gasteiger partial charge in [0.15, 0.2) is 5.96 Å². The minimum absolute atomic E-state index is 0.333. The van der Waals surface area contributed by atoms with Crippen LogP contribution in [0.3, 0.4) is 0 Å². The number of nitrogens with one attached hydrogen (secondary N) is 2. The smallest absolute Gasteiger partial charge is 0.191 e. The van der Waals surface area contributed by atoms with Gasteiger partial charge >= 0.3 is 0 Å². The lowest BCUT2D eigenvalue weighted by atomic mass is 9.99. The number of rotatable bonds is 6. The van der Waals surface area contributed by atoms with E-state index < -0.39 is 0 Å². The van der Waals surface area contributed by atoms with Crippen LogP contribution in [0.5, 0.6) is 0 Å². The monoisotopic (exact) mass is 344 g/mol. The standard InChI is InChI=1S/C20H32N4O/c1-3-21-20(23-14-19-9-6-12-25-19)22-13-16(2)24-11-10-17-7-4-5-8-18(17)15-24/h4-5,7-8,16,19H,3,6,9-15H2,1-2H3,(H2,21,22,23). The average molecular weight is 345 g/mol. The Morgan fingerprint density at radius 1 is 1.32 bits per heavy atom. The molecular weight excluding hydrogens is 312 g/mol. The Labute approximate surface area is 151 Å². The quantitative estimate of drug-likeness (QED) is 0.613. The fraction of sp³-hybridized carbons (Fsp3) is 0.650. The van der Waals surface area contributed by atoms with Crippen molar-refractivity contribution in [3.63, 3.8) is 0 Å². The molecule has 1 saturated heterocycles. The fourth-order valence-corrected chi connectivity index (χ4v) is 3.59. The molecule has 3 rings (SSSR count). The van der Waals surface area contributed by atoms with Gasteiger partial charge in [-0.25, -0.2) is 0 Å². The first-order chi connectivity index (χ1) is 12.3. The summed E-state index contributed by atoms with van der Waals surface area (Å²) in [6, 6.07) is 9.23. The molecule has 2 N–H and O–H groups in total. The van der Waals surface area contributed by atoms with Gasteiger partial charge in [-0.3, -0.25) is 9.89 Å². The maximum absolute atomic E-state index is 5.68. The number of ether oxygens (including phenoxy) is 1. The van der Waals surface area contributed by atoms with Gasteiger partial charge in [0.1, 0.15) is 0 Å². The Balaban J connectivity index is 1.51. The van der Waals surface area contributed by atoms with Gasteiger partial charge in [-0.15, -0.1) is 0 Å². The van der Waals surface area contributed by atoms with Crippen molar-refractivity contribution in [2.24, 2.45) is 4.99 Å². The van der Waals surface area contributed by atoms with Crippen molar-refractivity contribution < 1.29 is 4.74 Å². The molecule has 2 heterocycles. The minimum Gasteiger partial charge on any atom is -0.376 e. The topological polar surface area (TPSA) is 48.9 Å². The van der Waals surface area contributed by atoms with Crippen LogP contribution in [0.15, 0.2) is 29.3 Å². The Hall–Kier alpha value is -1.59. The van der Waals surface area contributed by atoms with E-state index in [0.29, 0.717) is 12.1 Å². The van der Waals surface area contributed by atoms with Crippen molar-refractivity contribution in [3.8, 4) is 0 Å². The van der Waals surface area contributed by atoms with Gasteiger partial charge in [0.2, 0.25) is 0 Å². The molecule has 2 atom stereocenters. The van der Waals surface area contributed by atoms with E-state index in [1.54, 1.807) is 0 Å². The SMILES string of the molecule is CCNC(=NCC(C)N1CCc2ccccc2C1)NCC1CCCO1. The summed E-state index contributed by atoms with van der Waals surface area (Å²) in [6.07, 6.45) is 3.80. The van der Waals surface area contributed by atoms with Crippen LogP contribution < -0.4 is 10.6 Å². The molecule has 0 amide bonds. The Kier molecular flexibility index (Phi) is 6.70. The third-order valence-electron chi connectivity index (χ3n) is 5.16. The Morgan fingerprint density at radius 3 is 2.92 bits per heavy atom. The van der Waals surface area contributed by atoms with Crippen LogP contribution in [0.1, 0.15) is 37.8 Å². The van der Waals surface area contributed by atoms with Gasteiger partial charge in [0.25, 0.3) is 0 Å². The van der Waals surface area contributed by atoms with Crippen molar-refractivity contribution in [2.45, 2.75) is 51.8 Å². The maximum Gasteiger partial charge on any atom is 0.191 e. The first-order valence-electron chi connectivity index (χ1n) is 9.71. The van der Waals surface area contributed by atoms with Crippen LogP contribution in [0, 0.1) is 0 Å². The predicted octanol–water partition coefficient (Wildman–Crippen LogP) is 2.17. The van der Waals surface area contributed by atoms with Gasteiger partial charge < -0.3 is 15.4 Å². The molecule has 1 aromatic carbocycles. The van der Waals surface area contributed by atoms with Crippen LogP contribution in [0.25, 0.3) is 0 Å². The first-order valence-corrected chi connectivity index (χ1v) is 9.71. The number of guanidine groups is 1. The Morgan fingerprint density at radius 2 is 2.16 bits per heavy atom. The molecule has 0 saturated carbocycles. The lowest BCUT2D eigenvalue weighted by Crippen LogP contribution is -2.43. The second kappa shape index (κ2) is 9.20. The zero-order valence-corrected chi connectivity index (χ0v) is 15.6. The molecular formula is C20H32N4O. The van der Waals surface area contributed by atoms with Gasteiger partial charge in [-0.1, -0.05) is 24.3 Å². The third kappa shape index (κ3) is 5.19. The fourth-order valence-electron chi connectivity index (χ4n) is 3.59. The molecule has 5 heteroatoms. The lowest BCUT2D eigenvalue weighted by Gasteiger charge is -2.33. The first kappa shape index (κ1) is 18.2. The third-order valence-corrected chi connectivity index (χ3v) is 5.16. The molecule has 0 aliphatic carbocycles. The highest BCUT2D eigenvalue weighted by atomic mass is 16.5. The number of benzene rings is 1. The van der Waals surface area contributed by atoms with Crippen molar-refractivity contribution in [1.29, 1.82) is 0 Å². The molecule has 25 heavy (non-hydrogen) atoms. The van der Waals surface area contributed by atoms with Gasteiger partial charge in [-0.05, 0) is 44.2 Å². The number of hydrogen-bond donors (Lipinski definition) is 2. The van der Waals surface area contributed by atoms with Crippen LogP contribution in [-0.2, 0) is 17.7 Å². The normalized spacial score (nSPS) is 22.5. The second-order valence-electron chi connectivity index (χ2n) is 7.07. The van der Waals surface area contributed by atoms with Crippen LogP contribution in [0.4, 0.5) is 0 Å². The molecule has 2 unspecified atom stereocenters. The second-order valence-corrected chi connectivity index (χ2v) is 7.07. The van der Waals surface area contributed by atoms with E-state index in [-0.39, 0.29) is 0 Å². The van der Waals surface area contributed by atoms with E-state index >= 15 is 0 Å². The van der Waals surface area contributed by atoms with Gasteiger partial charge in [0, 0.05) is 38.8 Å². The van der Waals surface area contributed by atoms with E-state index in [1.807, 2.05) is 0 Å². The Bertz CT molecular complexity index is 569. The van der Waals surface area contributed by atoms with E-state index in [1.165, 1.54) is 17.5 Å². The number of nitrogens with zero attached hydrogens (tertiary/aromatic N) is 2. The summed E-state index contributed by atoms with van der Waals surface area (Å²) in [5, 5.41) is 6.78. The average Bonchev–Trinajstić information content (AvgIpc) is 3.17. The molecule has 0 radical (unpaired) electrons. The summed E-state index contributed by atoms with van der Waals surface area (Å²) in [5.41, 5.74) is 2.97. The van der Waals surface area contributed by atoms with Crippen molar-refractivity contribution in [1.82, 2.24) is 15.5 Å². The summed E-state index contributed by atoms with van der Waals surface area (Å²) in [5.74, 6) is 0.905. The van der Waals surface area contributed by atoms with Crippen LogP contribution in [-0.4, -0.2) is 55.8 Å². The molecule has 1 aromatic rings. The summed E-state index contributed by atoms with van der Waals surface area (Å²) < 4.78 is 5.68. The zero-order valence-electron chi connectivity index (χ0n) is 15.6. The van der Waals surface area contributed by atoms with Gasteiger partial charge in [0.05, 0.1) is 12.6 Å². The molecule has 5 nitrogen and oxygen atoms in total. The largest absolute Gasteiger partial charge is 0.376 e. The summed E-state index contributed by atoms with van der Waals surface area (Å²) in [4.78, 5) is 7.34. The van der Waals surface area contributed by atoms with E-state index in [2.05, 4.69) is 53.6 Å². The number of fused-ring (bicyclic) bond motifs is 1. The molecule has 2 aliphatic heterocycles. The zero-order chi connectivity index (χ0) is 17.5. The molecule has 2 aliphatic rings. The van der Waals surface area contributed by atoms with Crippen molar-refractivity contribution in [2.75, 3.05) is 32.8 Å². The van der Waals surface area contributed by atoms with E-state index in [0.717, 1.165) is 58.1 Å². The highest BCUT2D eigenvalue weighted by Crippen LogP contribution is 2.20. The summed E-state index contributed by atoms with van der Waals surface area (Å²) >= 11 is 0. The predicted molar refractivity (Wildman–Crippen MR) is 103 cm³/mol. The summed E-state index contributed by atoms with van der Waals surface area (Å²) in [6.45, 7) is 9.96. The molecule has 1 fully saturated rings. The highest BCUT2D eigenvalue weighted by Gasteiger charge is 2.20. The van der Waals surface area contributed by atoms with Crippen molar-refractivity contribution >= 4 is 5.96 Å². The van der Waals surface area contributed by atoms with Gasteiger partial charge in [-0.2, -0.15) is 0 Å². The number of hydrogen-bond acceptors (Lipinski definition) is 3. The maximum atomic E-state index is 5.68.